The number of nitrogens with zero attached hydrogens (tertiary/aromatic N) is 8. The third-order valence-corrected chi connectivity index (χ3v) is 13.2. The summed E-state index contributed by atoms with van der Waals surface area (Å²) >= 11 is 0. The molecule has 27 heteroatoms. The van der Waals surface area contributed by atoms with Gasteiger partial charge in [0.2, 0.25) is 53.2 Å². The molecule has 3 fully saturated rings. The molecule has 3 aliphatic heterocycles. The van der Waals surface area contributed by atoms with Gasteiger partial charge in [0.25, 0.3) is 0 Å². The van der Waals surface area contributed by atoms with E-state index in [0.29, 0.717) is 46.2 Å². The number of carbonyl (C=O) groups excluding carboxylic acids is 9. The topological polar surface area (TPSA) is 230 Å². The highest BCUT2D eigenvalue weighted by atomic mass is 16.2. The van der Waals surface area contributed by atoms with Crippen LogP contribution in [0.15, 0.2) is 0 Å². The number of rotatable bonds is 25. The van der Waals surface area contributed by atoms with Crippen LogP contribution in [-0.4, -0.2) is 315 Å². The first-order valence-corrected chi connectivity index (χ1v) is 23.4. The second kappa shape index (κ2) is 26.0. The van der Waals surface area contributed by atoms with Gasteiger partial charge in [-0.15, -0.1) is 0 Å². The molecule has 6 atom stereocenters. The molecule has 9 amide bonds. The van der Waals surface area contributed by atoms with Gasteiger partial charge in [-0.3, -0.25) is 43.2 Å². The van der Waals surface area contributed by atoms with Crippen LogP contribution in [0.4, 0.5) is 0 Å². The lowest BCUT2D eigenvalue weighted by molar-refractivity contribution is -0.879. The van der Waals surface area contributed by atoms with Gasteiger partial charge in [-0.05, 0) is 38.6 Å². The Morgan fingerprint density at radius 2 is 0.783 bits per heavy atom. The zero-order valence-electron chi connectivity index (χ0n) is 42.0. The number of carbonyl (C=O) groups is 9. The van der Waals surface area contributed by atoms with E-state index in [1.165, 1.54) is 24.5 Å². The molecule has 3 aliphatic rings. The van der Waals surface area contributed by atoms with Crippen molar-refractivity contribution in [2.45, 2.75) is 67.9 Å². The van der Waals surface area contributed by atoms with Crippen molar-refractivity contribution in [1.29, 1.82) is 0 Å². The number of hydrogen-bond donors (Lipinski definition) is 5. The zero-order valence-corrected chi connectivity index (χ0v) is 42.0. The molecule has 22 nitrogen and oxygen atoms in total. The van der Waals surface area contributed by atoms with E-state index in [9.17, 15) is 43.2 Å². The van der Waals surface area contributed by atoms with Crippen molar-refractivity contribution in [1.82, 2.24) is 51.1 Å². The number of nitrogens with one attached hydrogen (secondary N) is 5. The lowest BCUT2D eigenvalue weighted by Gasteiger charge is -2.32. The predicted molar refractivity (Wildman–Crippen MR) is 262 cm³/mol. The van der Waals surface area contributed by atoms with E-state index in [1.807, 2.05) is 42.3 Å². The van der Waals surface area contributed by atoms with Crippen molar-refractivity contribution in [3.8, 4) is 0 Å². The summed E-state index contributed by atoms with van der Waals surface area (Å²) in [6, 6.07) is -2.44. The maximum atomic E-state index is 13.7. The van der Waals surface area contributed by atoms with Crippen LogP contribution in [0, 0.1) is 0 Å². The Morgan fingerprint density at radius 1 is 0.449 bits per heavy atom. The highest BCUT2D eigenvalue weighted by Crippen LogP contribution is 2.23. The van der Waals surface area contributed by atoms with Gasteiger partial charge in [0.15, 0.2) is 0 Å². The van der Waals surface area contributed by atoms with Gasteiger partial charge in [0, 0.05) is 33.2 Å². The maximum Gasteiger partial charge on any atom is 0.240 e. The molecular formula is C42H73B5N13O9+3. The van der Waals surface area contributed by atoms with Crippen molar-refractivity contribution >= 4 is 92.4 Å². The lowest BCUT2D eigenvalue weighted by atomic mass is 10.0. The van der Waals surface area contributed by atoms with Crippen molar-refractivity contribution < 1.29 is 56.6 Å². The van der Waals surface area contributed by atoms with Crippen LogP contribution in [-0.2, 0) is 43.2 Å². The molecule has 0 aromatic carbocycles. The normalized spacial score (nSPS) is 23.0. The molecule has 5 N–H and O–H groups in total. The Hall–Kier alpha value is -4.61. The smallest absolute Gasteiger partial charge is 0.240 e. The molecule has 3 heterocycles. The molecule has 0 unspecified atom stereocenters. The van der Waals surface area contributed by atoms with Crippen molar-refractivity contribution in [2.24, 2.45) is 0 Å². The SMILES string of the molecule is [B]CC(=O)N(CCNC(=O)CN(C(=O)C[B])[C@H]1C[N+](C)(C)C[C@@H]1NC(=O)CN(CCNC(=O)CN(C(=O)C[B])[C@H]1C[N+](C)(C)C[C@@H]1NC)C(=O)C[B])CC(=O)N[C@H]1C[N+](C)(C)C[C@@H]1N(C)C(=O)C[B]. The highest BCUT2D eigenvalue weighted by molar-refractivity contribution is 6.21. The summed E-state index contributed by atoms with van der Waals surface area (Å²) in [5, 5.41) is 14.6. The fourth-order valence-electron chi connectivity index (χ4n) is 9.80. The summed E-state index contributed by atoms with van der Waals surface area (Å²) in [6.45, 7) is 1.38. The summed E-state index contributed by atoms with van der Waals surface area (Å²) in [6.07, 6.45) is -1.69. The van der Waals surface area contributed by atoms with E-state index < -0.39 is 91.5 Å². The van der Waals surface area contributed by atoms with Gasteiger partial charge < -0.3 is 64.5 Å². The van der Waals surface area contributed by atoms with Gasteiger partial charge >= 0.3 is 0 Å². The van der Waals surface area contributed by atoms with Crippen LogP contribution < -0.4 is 26.6 Å². The Kier molecular flexibility index (Phi) is 22.1. The van der Waals surface area contributed by atoms with Gasteiger partial charge in [0.1, 0.15) is 76.0 Å². The fraction of sp³-hybridized carbons (Fsp3) is 0.786. The minimum Gasteiger partial charge on any atom is -0.353 e. The molecule has 0 saturated carbocycles. The highest BCUT2D eigenvalue weighted by Gasteiger charge is 2.47. The minimum atomic E-state index is -0.698. The molecule has 0 spiro atoms. The fourth-order valence-corrected chi connectivity index (χ4v) is 9.80. The van der Waals surface area contributed by atoms with E-state index in [-0.39, 0.29) is 81.8 Å². The van der Waals surface area contributed by atoms with E-state index in [0.717, 1.165) is 6.54 Å². The monoisotopic (exact) mass is 959 g/mol. The Labute approximate surface area is 414 Å². The minimum absolute atomic E-state index is 0.0468. The third-order valence-electron chi connectivity index (χ3n) is 13.2. The summed E-state index contributed by atoms with van der Waals surface area (Å²) in [4.78, 5) is 125. The molecule has 3 rings (SSSR count). The first kappa shape index (κ1) is 58.7. The van der Waals surface area contributed by atoms with Gasteiger partial charge in [-0.2, -0.15) is 0 Å². The standard InChI is InChI=1S/C42H70B5N13O9/c1-48-28-22-58(3,4)26-32(28)56(41(68)16-46)20-34(61)49-9-12-55(40(67)15-45)19-37(64)52-30-24-60(7,8)27-33(30)57(42(69)17-47)21-35(62)50-10-11-54(39(66)14-44)18-36(63)51-29-23-59(5,6)25-31(29)53(2)38(65)13-43/h28-33,48H,9-27H2,1-8H3,(H-3,49,50,51,52,61,62,63,64)/p+3/t28-,29-,30-,31-,32-,33-/m0/s1. The summed E-state index contributed by atoms with van der Waals surface area (Å²) in [5.74, 6) is -4.40. The van der Waals surface area contributed by atoms with Crippen molar-refractivity contribution in [3.63, 3.8) is 0 Å². The molecule has 0 aromatic rings. The molecule has 0 aliphatic carbocycles. The molecular weight excluding hydrogens is 885 g/mol. The number of likely N-dealkylation sites (tertiary alicyclic amines) is 3. The quantitative estimate of drug-likeness (QED) is 0.0429. The van der Waals surface area contributed by atoms with Gasteiger partial charge in [-0.25, -0.2) is 0 Å². The first-order chi connectivity index (χ1) is 32.2. The largest absolute Gasteiger partial charge is 0.353 e. The maximum absolute atomic E-state index is 13.7. The van der Waals surface area contributed by atoms with E-state index in [2.05, 4.69) is 26.6 Å². The molecule has 10 radical (unpaired) electrons. The average Bonchev–Trinajstić information content (AvgIpc) is 3.90. The molecule has 0 aromatic heterocycles. The van der Waals surface area contributed by atoms with Crippen LogP contribution in [0.5, 0.6) is 0 Å². The third kappa shape index (κ3) is 17.3. The second-order valence-corrected chi connectivity index (χ2v) is 20.2. The molecule has 3 saturated heterocycles. The predicted octanol–water partition coefficient (Wildman–Crippen LogP) is -7.14. The van der Waals surface area contributed by atoms with Crippen molar-refractivity contribution in [2.75, 3.05) is 148 Å². The zero-order chi connectivity index (χ0) is 52.0. The first-order valence-electron chi connectivity index (χ1n) is 23.4. The number of likely N-dealkylation sites (N-methyl/N-ethyl adjacent to an activating group) is 5. The van der Waals surface area contributed by atoms with Crippen LogP contribution in [0.3, 0.4) is 0 Å². The number of quaternary nitrogens is 3. The molecule has 0 bridgehead atoms. The number of amides is 9. The molecule has 69 heavy (non-hydrogen) atoms. The lowest BCUT2D eigenvalue weighted by Crippen LogP contribution is -2.57. The summed E-state index contributed by atoms with van der Waals surface area (Å²) in [5.41, 5.74) is 0. The van der Waals surface area contributed by atoms with Crippen LogP contribution in [0.25, 0.3) is 0 Å². The van der Waals surface area contributed by atoms with E-state index in [4.69, 9.17) is 39.2 Å². The second-order valence-electron chi connectivity index (χ2n) is 20.2. The average molecular weight is 958 g/mol. The molecule has 372 valence electrons. The Bertz CT molecular complexity index is 1870. The van der Waals surface area contributed by atoms with Crippen molar-refractivity contribution in [3.05, 3.63) is 0 Å². The summed E-state index contributed by atoms with van der Waals surface area (Å²) < 4.78 is 1.54. The number of hydrogen-bond acceptors (Lipinski definition) is 10. The Morgan fingerprint density at radius 3 is 1.14 bits per heavy atom. The van der Waals surface area contributed by atoms with Gasteiger partial charge in [0.05, 0.1) is 107 Å². The van der Waals surface area contributed by atoms with Crippen LogP contribution in [0.1, 0.15) is 0 Å². The van der Waals surface area contributed by atoms with Crippen LogP contribution in [0.2, 0.25) is 31.6 Å². The van der Waals surface area contributed by atoms with E-state index in [1.54, 1.807) is 14.1 Å². The summed E-state index contributed by atoms with van der Waals surface area (Å²) in [7, 11) is 43.8. The van der Waals surface area contributed by atoms with Crippen LogP contribution >= 0.6 is 0 Å². The Balaban J connectivity index is 1.62. The van der Waals surface area contributed by atoms with Gasteiger partial charge in [-0.1, -0.05) is 0 Å². The van der Waals surface area contributed by atoms with E-state index >= 15 is 0 Å².